The first-order valence-electron chi connectivity index (χ1n) is 2.36. The zero-order valence-corrected chi connectivity index (χ0v) is 6.11. The normalized spacial score (nSPS) is 18.4. The van der Waals surface area contributed by atoms with Gasteiger partial charge in [-0.2, -0.15) is 0 Å². The van der Waals surface area contributed by atoms with Crippen molar-refractivity contribution in [3.63, 3.8) is 0 Å². The van der Waals surface area contributed by atoms with Gasteiger partial charge in [-0.05, 0) is 0 Å². The van der Waals surface area contributed by atoms with E-state index in [1.807, 2.05) is 0 Å². The summed E-state index contributed by atoms with van der Waals surface area (Å²) in [4.78, 5) is 0. The van der Waals surface area contributed by atoms with Crippen LogP contribution in [0.25, 0.3) is 0 Å². The van der Waals surface area contributed by atoms with Crippen LogP contribution in [0.15, 0.2) is 0 Å². The van der Waals surface area contributed by atoms with Crippen molar-refractivity contribution in [2.75, 3.05) is 26.4 Å². The van der Waals surface area contributed by atoms with Crippen LogP contribution < -0.4 is 0 Å². The molecule has 0 aliphatic carbocycles. The molecule has 46 valence electrons. The summed E-state index contributed by atoms with van der Waals surface area (Å²) in [7, 11) is 0. The molecule has 1 saturated heterocycles. The Labute approximate surface area is 60.1 Å². The summed E-state index contributed by atoms with van der Waals surface area (Å²) in [5, 5.41) is 0. The van der Waals surface area contributed by atoms with E-state index in [1.54, 1.807) is 0 Å². The van der Waals surface area contributed by atoms with Crippen LogP contribution in [0.4, 0.5) is 0 Å². The first-order valence-corrected chi connectivity index (χ1v) is 3.00. The third kappa shape index (κ3) is 4.59. The van der Waals surface area contributed by atoms with Crippen LogP contribution in [0.5, 0.6) is 0 Å². The third-order valence-electron chi connectivity index (χ3n) is 0.744. The summed E-state index contributed by atoms with van der Waals surface area (Å²) in [5.74, 6) is 0. The second-order valence-corrected chi connectivity index (χ2v) is 1.22. The van der Waals surface area contributed by atoms with Crippen molar-refractivity contribution in [3.05, 3.63) is 0 Å². The molecule has 0 amide bonds. The van der Waals surface area contributed by atoms with E-state index in [2.05, 4.69) is 0 Å². The molecule has 0 saturated carbocycles. The van der Waals surface area contributed by atoms with Crippen molar-refractivity contribution < 1.29 is 33.2 Å². The molecule has 0 N–H and O–H groups in total. The molecule has 8 heavy (non-hydrogen) atoms. The molecule has 0 aromatic heterocycles. The molecule has 0 aromatic rings. The zero-order valence-electron chi connectivity index (χ0n) is 4.55. The van der Waals surface area contributed by atoms with Crippen LogP contribution >= 0.6 is 0 Å². The van der Waals surface area contributed by atoms with Crippen LogP contribution in [0.1, 0.15) is 0 Å². The number of rotatable bonds is 0. The fourth-order valence-electron chi connectivity index (χ4n) is 0.440. The Morgan fingerprint density at radius 1 is 0.875 bits per heavy atom. The molecule has 0 spiro atoms. The SMILES string of the molecule is C1COCCO1.[O]=[Ti]. The number of ether oxygens (including phenoxy) is 2. The van der Waals surface area contributed by atoms with E-state index in [-0.39, 0.29) is 0 Å². The van der Waals surface area contributed by atoms with E-state index in [1.165, 1.54) is 0 Å². The first-order chi connectivity index (χ1) is 4.00. The molecule has 0 atom stereocenters. The molecule has 1 fully saturated rings. The number of hydrogen-bond acceptors (Lipinski definition) is 3. The average molecular weight is 152 g/mol. The van der Waals surface area contributed by atoms with Gasteiger partial charge in [0, 0.05) is 0 Å². The van der Waals surface area contributed by atoms with Gasteiger partial charge in [0.1, 0.15) is 0 Å². The van der Waals surface area contributed by atoms with E-state index >= 15 is 0 Å². The van der Waals surface area contributed by atoms with Gasteiger partial charge in [0.25, 0.3) is 0 Å². The molecule has 3 nitrogen and oxygen atoms in total. The van der Waals surface area contributed by atoms with Gasteiger partial charge in [-0.1, -0.05) is 0 Å². The Hall–Kier alpha value is 0.434. The Morgan fingerprint density at radius 3 is 1.25 bits per heavy atom. The van der Waals surface area contributed by atoms with Gasteiger partial charge >= 0.3 is 23.7 Å². The third-order valence-corrected chi connectivity index (χ3v) is 0.744. The minimum absolute atomic E-state index is 0.750. The minimum atomic E-state index is 0.750. The van der Waals surface area contributed by atoms with Gasteiger partial charge in [-0.25, -0.2) is 0 Å². The topological polar surface area (TPSA) is 35.5 Å². The molecular formula is C4H8O3Ti. The maximum atomic E-state index is 8.25. The molecule has 0 aromatic carbocycles. The summed E-state index contributed by atoms with van der Waals surface area (Å²) in [5.41, 5.74) is 0. The van der Waals surface area contributed by atoms with E-state index in [4.69, 9.17) is 12.8 Å². The Bertz CT molecular complexity index is 35.0. The van der Waals surface area contributed by atoms with Crippen molar-refractivity contribution >= 4 is 0 Å². The monoisotopic (exact) mass is 152 g/mol. The molecule has 1 aliphatic rings. The van der Waals surface area contributed by atoms with Crippen molar-refractivity contribution in [2.24, 2.45) is 0 Å². The predicted octanol–water partition coefficient (Wildman–Crippen LogP) is -0.0881. The van der Waals surface area contributed by atoms with Crippen molar-refractivity contribution in [3.8, 4) is 0 Å². The van der Waals surface area contributed by atoms with E-state index in [0.29, 0.717) is 0 Å². The van der Waals surface area contributed by atoms with Gasteiger partial charge in [-0.15, -0.1) is 0 Å². The van der Waals surface area contributed by atoms with Gasteiger partial charge in [0.2, 0.25) is 0 Å². The van der Waals surface area contributed by atoms with Crippen LogP contribution in [-0.4, -0.2) is 26.4 Å². The number of hydrogen-bond donors (Lipinski definition) is 0. The second-order valence-electron chi connectivity index (χ2n) is 1.22. The quantitative estimate of drug-likeness (QED) is 0.455. The van der Waals surface area contributed by atoms with Crippen LogP contribution in [0.3, 0.4) is 0 Å². The average Bonchev–Trinajstić information content (AvgIpc) is 1.96. The summed E-state index contributed by atoms with van der Waals surface area (Å²) in [6.45, 7) is 3.11. The molecule has 0 radical (unpaired) electrons. The van der Waals surface area contributed by atoms with Crippen molar-refractivity contribution in [1.29, 1.82) is 0 Å². The summed E-state index contributed by atoms with van der Waals surface area (Å²) in [6.07, 6.45) is 0. The molecule has 1 rings (SSSR count). The molecule has 4 heteroatoms. The zero-order chi connectivity index (χ0) is 6.24. The molecule has 0 bridgehead atoms. The van der Waals surface area contributed by atoms with E-state index < -0.39 is 0 Å². The molecule has 1 heterocycles. The molecule has 0 unspecified atom stereocenters. The Kier molecular flexibility index (Phi) is 7.84. The Balaban J connectivity index is 0.000000222. The van der Waals surface area contributed by atoms with Crippen molar-refractivity contribution in [1.82, 2.24) is 0 Å². The van der Waals surface area contributed by atoms with Gasteiger partial charge < -0.3 is 9.47 Å². The van der Waals surface area contributed by atoms with E-state index in [9.17, 15) is 0 Å². The Morgan fingerprint density at radius 2 is 1.12 bits per heavy atom. The van der Waals surface area contributed by atoms with Crippen LogP contribution in [0, 0.1) is 0 Å². The molecule has 1 aliphatic heterocycles. The summed E-state index contributed by atoms with van der Waals surface area (Å²) < 4.78 is 18.1. The fraction of sp³-hybridized carbons (Fsp3) is 1.00. The van der Waals surface area contributed by atoms with E-state index in [0.717, 1.165) is 46.8 Å². The molecular weight excluding hydrogens is 144 g/mol. The van der Waals surface area contributed by atoms with Gasteiger partial charge in [-0.3, -0.25) is 0 Å². The van der Waals surface area contributed by atoms with Crippen LogP contribution in [-0.2, 0) is 33.2 Å². The van der Waals surface area contributed by atoms with Crippen LogP contribution in [0.2, 0.25) is 0 Å². The standard InChI is InChI=1S/C4H8O2.O.Ti/c1-2-6-4-3-5-1;;/h1-4H2;;. The first kappa shape index (κ1) is 8.43. The summed E-state index contributed by atoms with van der Waals surface area (Å²) in [6, 6.07) is 0. The summed E-state index contributed by atoms with van der Waals surface area (Å²) >= 11 is 0.750. The fourth-order valence-corrected chi connectivity index (χ4v) is 0.440. The maximum absolute atomic E-state index is 8.25. The van der Waals surface area contributed by atoms with Crippen molar-refractivity contribution in [2.45, 2.75) is 0 Å². The van der Waals surface area contributed by atoms with Gasteiger partial charge in [0.15, 0.2) is 0 Å². The second kappa shape index (κ2) is 7.43. The van der Waals surface area contributed by atoms with Gasteiger partial charge in [0.05, 0.1) is 26.4 Å². The predicted molar refractivity (Wildman–Crippen MR) is 22.3 cm³/mol.